The Bertz CT molecular complexity index is 127. The van der Waals surface area contributed by atoms with E-state index in [9.17, 15) is 0 Å². The lowest BCUT2D eigenvalue weighted by molar-refractivity contribution is 0.434. The van der Waals surface area contributed by atoms with Crippen molar-refractivity contribution < 1.29 is 0 Å². The Labute approximate surface area is 56.9 Å². The van der Waals surface area contributed by atoms with Gasteiger partial charge in [-0.2, -0.15) is 0 Å². The van der Waals surface area contributed by atoms with Gasteiger partial charge in [0.25, 0.3) is 0 Å². The van der Waals surface area contributed by atoms with Crippen LogP contribution in [0.25, 0.3) is 0 Å². The maximum Gasteiger partial charge on any atom is 0.0102 e. The summed E-state index contributed by atoms with van der Waals surface area (Å²) in [5.74, 6) is 0.690. The average Bonchev–Trinajstić information content (AvgIpc) is 1.80. The van der Waals surface area contributed by atoms with Gasteiger partial charge in [0.2, 0.25) is 0 Å². The molecule has 0 aromatic rings. The largest absolute Gasteiger partial charge is 0.327 e. The molecule has 0 fully saturated rings. The molecular formula is C8H15N. The Morgan fingerprint density at radius 2 is 2.33 bits per heavy atom. The van der Waals surface area contributed by atoms with Gasteiger partial charge in [0.05, 0.1) is 0 Å². The minimum Gasteiger partial charge on any atom is -0.327 e. The first kappa shape index (κ1) is 6.81. The quantitative estimate of drug-likeness (QED) is 0.490. The van der Waals surface area contributed by atoms with Crippen molar-refractivity contribution in [2.75, 3.05) is 0 Å². The first-order valence-corrected chi connectivity index (χ1v) is 3.61. The highest BCUT2D eigenvalue weighted by Crippen LogP contribution is 2.21. The second-order valence-corrected chi connectivity index (χ2v) is 3.13. The van der Waals surface area contributed by atoms with Crippen molar-refractivity contribution in [3.05, 3.63) is 11.6 Å². The van der Waals surface area contributed by atoms with Crippen LogP contribution in [0.4, 0.5) is 0 Å². The van der Waals surface area contributed by atoms with E-state index < -0.39 is 0 Å². The van der Waals surface area contributed by atoms with Crippen LogP contribution in [0, 0.1) is 5.92 Å². The van der Waals surface area contributed by atoms with Gasteiger partial charge in [0, 0.05) is 6.04 Å². The van der Waals surface area contributed by atoms with Crippen molar-refractivity contribution in [1.29, 1.82) is 0 Å². The van der Waals surface area contributed by atoms with Crippen LogP contribution in [0.15, 0.2) is 11.6 Å². The standard InChI is InChI=1S/C8H15N/c1-6-3-4-8(9)7(2)5-6/h3,7-8H,4-5,9H2,1-2H3. The average molecular weight is 125 g/mol. The number of nitrogens with two attached hydrogens (primary N) is 1. The summed E-state index contributed by atoms with van der Waals surface area (Å²) in [6.07, 6.45) is 4.53. The van der Waals surface area contributed by atoms with Gasteiger partial charge in [0.1, 0.15) is 0 Å². The van der Waals surface area contributed by atoms with E-state index in [2.05, 4.69) is 19.9 Å². The molecule has 1 aliphatic carbocycles. The third-order valence-electron chi connectivity index (χ3n) is 2.11. The SMILES string of the molecule is CC1=CCC(N)C(C)C1. The minimum atomic E-state index is 0.411. The lowest BCUT2D eigenvalue weighted by Gasteiger charge is -2.23. The molecule has 2 atom stereocenters. The first-order valence-electron chi connectivity index (χ1n) is 3.61. The van der Waals surface area contributed by atoms with E-state index in [1.54, 1.807) is 0 Å². The monoisotopic (exact) mass is 125 g/mol. The summed E-state index contributed by atoms with van der Waals surface area (Å²) in [5, 5.41) is 0. The van der Waals surface area contributed by atoms with E-state index in [0.717, 1.165) is 6.42 Å². The molecule has 0 saturated heterocycles. The molecule has 1 rings (SSSR count). The maximum absolute atomic E-state index is 5.80. The van der Waals surface area contributed by atoms with Crippen molar-refractivity contribution in [1.82, 2.24) is 0 Å². The normalized spacial score (nSPS) is 36.1. The summed E-state index contributed by atoms with van der Waals surface area (Å²) in [6.45, 7) is 4.41. The number of hydrogen-bond donors (Lipinski definition) is 1. The van der Waals surface area contributed by atoms with E-state index in [0.29, 0.717) is 12.0 Å². The fourth-order valence-electron chi connectivity index (χ4n) is 1.31. The van der Waals surface area contributed by atoms with Gasteiger partial charge in [-0.1, -0.05) is 18.6 Å². The van der Waals surface area contributed by atoms with Crippen molar-refractivity contribution in [3.8, 4) is 0 Å². The van der Waals surface area contributed by atoms with Gasteiger partial charge < -0.3 is 5.73 Å². The summed E-state index contributed by atoms with van der Waals surface area (Å²) in [6, 6.07) is 0.411. The Balaban J connectivity index is 2.54. The smallest absolute Gasteiger partial charge is 0.0102 e. The van der Waals surface area contributed by atoms with Crippen molar-refractivity contribution >= 4 is 0 Å². The molecule has 0 amide bonds. The van der Waals surface area contributed by atoms with E-state index in [-0.39, 0.29) is 0 Å². The molecule has 0 heterocycles. The molecular weight excluding hydrogens is 110 g/mol. The number of rotatable bonds is 0. The highest BCUT2D eigenvalue weighted by Gasteiger charge is 2.15. The van der Waals surface area contributed by atoms with Crippen LogP contribution in [0.2, 0.25) is 0 Å². The van der Waals surface area contributed by atoms with Crippen LogP contribution in [0.3, 0.4) is 0 Å². The van der Waals surface area contributed by atoms with Crippen LogP contribution >= 0.6 is 0 Å². The van der Waals surface area contributed by atoms with E-state index in [4.69, 9.17) is 5.73 Å². The molecule has 9 heavy (non-hydrogen) atoms. The number of allylic oxidation sites excluding steroid dienone is 1. The second kappa shape index (κ2) is 2.53. The third-order valence-corrected chi connectivity index (χ3v) is 2.11. The summed E-state index contributed by atoms with van der Waals surface area (Å²) in [4.78, 5) is 0. The van der Waals surface area contributed by atoms with E-state index >= 15 is 0 Å². The zero-order chi connectivity index (χ0) is 6.85. The van der Waals surface area contributed by atoms with Crippen LogP contribution in [-0.4, -0.2) is 6.04 Å². The summed E-state index contributed by atoms with van der Waals surface area (Å²) in [5.41, 5.74) is 7.30. The molecule has 0 bridgehead atoms. The van der Waals surface area contributed by atoms with E-state index in [1.807, 2.05) is 0 Å². The second-order valence-electron chi connectivity index (χ2n) is 3.13. The zero-order valence-corrected chi connectivity index (χ0v) is 6.22. The topological polar surface area (TPSA) is 26.0 Å². The van der Waals surface area contributed by atoms with Crippen LogP contribution in [0.1, 0.15) is 26.7 Å². The molecule has 0 aliphatic heterocycles. The van der Waals surface area contributed by atoms with Crippen LogP contribution in [0.5, 0.6) is 0 Å². The van der Waals surface area contributed by atoms with Crippen molar-refractivity contribution in [2.45, 2.75) is 32.7 Å². The predicted molar refractivity (Wildman–Crippen MR) is 40.1 cm³/mol. The fourth-order valence-corrected chi connectivity index (χ4v) is 1.31. The Morgan fingerprint density at radius 3 is 2.78 bits per heavy atom. The molecule has 0 aromatic carbocycles. The zero-order valence-electron chi connectivity index (χ0n) is 6.22. The summed E-state index contributed by atoms with van der Waals surface area (Å²) in [7, 11) is 0. The van der Waals surface area contributed by atoms with Gasteiger partial charge in [-0.15, -0.1) is 0 Å². The minimum absolute atomic E-state index is 0.411. The van der Waals surface area contributed by atoms with Gasteiger partial charge in [-0.25, -0.2) is 0 Å². The number of hydrogen-bond acceptors (Lipinski definition) is 1. The Morgan fingerprint density at radius 1 is 1.67 bits per heavy atom. The molecule has 2 unspecified atom stereocenters. The molecule has 0 aromatic heterocycles. The van der Waals surface area contributed by atoms with Gasteiger partial charge in [-0.05, 0) is 25.7 Å². The van der Waals surface area contributed by atoms with Gasteiger partial charge in [-0.3, -0.25) is 0 Å². The summed E-state index contributed by atoms with van der Waals surface area (Å²) < 4.78 is 0. The third kappa shape index (κ3) is 1.55. The highest BCUT2D eigenvalue weighted by atomic mass is 14.6. The van der Waals surface area contributed by atoms with Crippen molar-refractivity contribution in [3.63, 3.8) is 0 Å². The molecule has 1 heteroatoms. The molecule has 0 radical (unpaired) electrons. The summed E-state index contributed by atoms with van der Waals surface area (Å²) >= 11 is 0. The lowest BCUT2D eigenvalue weighted by atomic mass is 9.87. The van der Waals surface area contributed by atoms with Gasteiger partial charge >= 0.3 is 0 Å². The molecule has 1 aliphatic rings. The van der Waals surface area contributed by atoms with Crippen LogP contribution in [-0.2, 0) is 0 Å². The molecule has 0 spiro atoms. The van der Waals surface area contributed by atoms with Gasteiger partial charge in [0.15, 0.2) is 0 Å². The fraction of sp³-hybridized carbons (Fsp3) is 0.750. The molecule has 1 nitrogen and oxygen atoms in total. The Hall–Kier alpha value is -0.300. The molecule has 2 N–H and O–H groups in total. The van der Waals surface area contributed by atoms with Crippen LogP contribution < -0.4 is 5.73 Å². The maximum atomic E-state index is 5.80. The highest BCUT2D eigenvalue weighted by molar-refractivity contribution is 5.06. The van der Waals surface area contributed by atoms with E-state index in [1.165, 1.54) is 12.0 Å². The first-order chi connectivity index (χ1) is 4.20. The predicted octanol–water partition coefficient (Wildman–Crippen LogP) is 1.69. The Kier molecular flexibility index (Phi) is 1.91. The molecule has 52 valence electrons. The van der Waals surface area contributed by atoms with Crippen molar-refractivity contribution in [2.24, 2.45) is 11.7 Å². The molecule has 0 saturated carbocycles. The lowest BCUT2D eigenvalue weighted by Crippen LogP contribution is -2.29.